The summed E-state index contributed by atoms with van der Waals surface area (Å²) in [6.07, 6.45) is 4.98. The molecule has 0 N–H and O–H groups in total. The molecule has 0 heterocycles. The number of methoxy groups -OCH3 is 1. The second-order valence-electron chi connectivity index (χ2n) is 5.25. The van der Waals surface area contributed by atoms with Crippen LogP contribution in [0.1, 0.15) is 38.2 Å². The van der Waals surface area contributed by atoms with Crippen LogP contribution in [0.5, 0.6) is 11.5 Å². The van der Waals surface area contributed by atoms with Crippen molar-refractivity contribution in [1.82, 2.24) is 0 Å². The van der Waals surface area contributed by atoms with E-state index in [1.165, 1.54) is 12.8 Å². The zero-order valence-corrected chi connectivity index (χ0v) is 13.8. The molecule has 0 radical (unpaired) electrons. The summed E-state index contributed by atoms with van der Waals surface area (Å²) in [5.74, 6) is 2.14. The quantitative estimate of drug-likeness (QED) is 0.697. The molecule has 2 unspecified atom stereocenters. The zero-order valence-electron chi connectivity index (χ0n) is 11.4. The van der Waals surface area contributed by atoms with Gasteiger partial charge in [0, 0.05) is 5.33 Å². The fourth-order valence-corrected chi connectivity index (χ4v) is 3.22. The Labute approximate surface area is 128 Å². The maximum atomic E-state index is 6.32. The van der Waals surface area contributed by atoms with E-state index in [4.69, 9.17) is 21.1 Å². The molecule has 0 bridgehead atoms. The first kappa shape index (κ1) is 15.0. The highest BCUT2D eigenvalue weighted by atomic mass is 79.9. The van der Waals surface area contributed by atoms with E-state index in [2.05, 4.69) is 22.9 Å². The third-order valence-electron chi connectivity index (χ3n) is 3.62. The van der Waals surface area contributed by atoms with Crippen molar-refractivity contribution in [2.24, 2.45) is 5.92 Å². The monoisotopic (exact) mass is 346 g/mol. The van der Waals surface area contributed by atoms with Crippen molar-refractivity contribution in [1.29, 1.82) is 0 Å². The highest BCUT2D eigenvalue weighted by molar-refractivity contribution is 9.08. The van der Waals surface area contributed by atoms with Gasteiger partial charge in [0.25, 0.3) is 0 Å². The Bertz CT molecular complexity index is 436. The highest BCUT2D eigenvalue weighted by Gasteiger charge is 2.23. The molecule has 1 saturated carbocycles. The van der Waals surface area contributed by atoms with Gasteiger partial charge in [-0.1, -0.05) is 40.9 Å². The molecule has 1 aliphatic rings. The molecule has 1 aliphatic carbocycles. The van der Waals surface area contributed by atoms with Gasteiger partial charge < -0.3 is 9.47 Å². The van der Waals surface area contributed by atoms with E-state index in [1.54, 1.807) is 7.11 Å². The summed E-state index contributed by atoms with van der Waals surface area (Å²) < 4.78 is 11.5. The summed E-state index contributed by atoms with van der Waals surface area (Å²) in [4.78, 5) is 0. The number of benzene rings is 1. The molecule has 2 nitrogen and oxygen atoms in total. The highest BCUT2D eigenvalue weighted by Crippen LogP contribution is 2.39. The van der Waals surface area contributed by atoms with Crippen LogP contribution >= 0.6 is 27.5 Å². The number of halogens is 2. The Morgan fingerprint density at radius 2 is 2.16 bits per heavy atom. The Hall–Kier alpha value is -0.410. The lowest BCUT2D eigenvalue weighted by Crippen LogP contribution is -2.24. The summed E-state index contributed by atoms with van der Waals surface area (Å²) in [5, 5.41) is 1.39. The van der Waals surface area contributed by atoms with Crippen molar-refractivity contribution in [3.63, 3.8) is 0 Å². The Kier molecular flexibility index (Phi) is 5.40. The maximum Gasteiger partial charge on any atom is 0.180 e. The number of hydrogen-bond donors (Lipinski definition) is 0. The molecule has 2 rings (SSSR count). The average molecular weight is 348 g/mol. The standard InChI is InChI=1S/C15H20BrClO2/c1-10-4-3-5-12(6-10)19-15-13(17)7-11(9-16)8-14(15)18-2/h7-8,10,12H,3-6,9H2,1-2H3. The molecule has 1 fully saturated rings. The summed E-state index contributed by atoms with van der Waals surface area (Å²) in [5.41, 5.74) is 1.09. The normalized spacial score (nSPS) is 23.2. The summed E-state index contributed by atoms with van der Waals surface area (Å²) in [6, 6.07) is 3.91. The lowest BCUT2D eigenvalue weighted by Gasteiger charge is -2.28. The minimum atomic E-state index is 0.255. The topological polar surface area (TPSA) is 18.5 Å². The molecule has 1 aromatic rings. The number of rotatable bonds is 4. The van der Waals surface area contributed by atoms with E-state index < -0.39 is 0 Å². The van der Waals surface area contributed by atoms with Crippen LogP contribution in [0, 0.1) is 5.92 Å². The van der Waals surface area contributed by atoms with Crippen molar-refractivity contribution < 1.29 is 9.47 Å². The van der Waals surface area contributed by atoms with Gasteiger partial charge in [-0.15, -0.1) is 0 Å². The van der Waals surface area contributed by atoms with E-state index >= 15 is 0 Å². The van der Waals surface area contributed by atoms with Gasteiger partial charge in [0.15, 0.2) is 11.5 Å². The third-order valence-corrected chi connectivity index (χ3v) is 4.54. The molecule has 0 amide bonds. The average Bonchev–Trinajstić information content (AvgIpc) is 2.40. The number of alkyl halides is 1. The minimum absolute atomic E-state index is 0.255. The number of ether oxygens (including phenoxy) is 2. The molecule has 0 saturated heterocycles. The summed E-state index contributed by atoms with van der Waals surface area (Å²) in [6.45, 7) is 2.28. The van der Waals surface area contributed by atoms with Gasteiger partial charge >= 0.3 is 0 Å². The first-order valence-corrected chi connectivity index (χ1v) is 8.23. The van der Waals surface area contributed by atoms with Crippen LogP contribution < -0.4 is 9.47 Å². The van der Waals surface area contributed by atoms with Gasteiger partial charge in [-0.3, -0.25) is 0 Å². The Morgan fingerprint density at radius 1 is 1.37 bits per heavy atom. The lowest BCUT2D eigenvalue weighted by atomic mass is 9.89. The molecule has 106 valence electrons. The van der Waals surface area contributed by atoms with Crippen molar-refractivity contribution in [3.8, 4) is 11.5 Å². The van der Waals surface area contributed by atoms with Gasteiger partial charge in [-0.2, -0.15) is 0 Å². The zero-order chi connectivity index (χ0) is 13.8. The fraction of sp³-hybridized carbons (Fsp3) is 0.600. The molecular weight excluding hydrogens is 328 g/mol. The van der Waals surface area contributed by atoms with Crippen molar-refractivity contribution in [2.75, 3.05) is 7.11 Å². The van der Waals surface area contributed by atoms with Crippen LogP contribution in [0.25, 0.3) is 0 Å². The van der Waals surface area contributed by atoms with E-state index in [9.17, 15) is 0 Å². The van der Waals surface area contributed by atoms with Gasteiger partial charge in [0.05, 0.1) is 18.2 Å². The van der Waals surface area contributed by atoms with Gasteiger partial charge in [0.2, 0.25) is 0 Å². The molecule has 1 aromatic carbocycles. The fourth-order valence-electron chi connectivity index (χ4n) is 2.62. The summed E-state index contributed by atoms with van der Waals surface area (Å²) >= 11 is 9.75. The predicted octanol–water partition coefficient (Wildman–Crippen LogP) is 5.20. The van der Waals surface area contributed by atoms with E-state index in [1.807, 2.05) is 12.1 Å². The van der Waals surface area contributed by atoms with Gasteiger partial charge in [-0.25, -0.2) is 0 Å². The van der Waals surface area contributed by atoms with E-state index in [-0.39, 0.29) is 6.10 Å². The molecule has 4 heteroatoms. The second-order valence-corrected chi connectivity index (χ2v) is 6.22. The van der Waals surface area contributed by atoms with Crippen molar-refractivity contribution >= 4 is 27.5 Å². The second kappa shape index (κ2) is 6.85. The minimum Gasteiger partial charge on any atom is -0.493 e. The molecule has 2 atom stereocenters. The van der Waals surface area contributed by atoms with Crippen molar-refractivity contribution in [2.45, 2.75) is 44.0 Å². The van der Waals surface area contributed by atoms with Crippen molar-refractivity contribution in [3.05, 3.63) is 22.7 Å². The Balaban J connectivity index is 2.18. The largest absolute Gasteiger partial charge is 0.493 e. The van der Waals surface area contributed by atoms with E-state index in [0.29, 0.717) is 10.8 Å². The molecule has 0 spiro atoms. The smallest absolute Gasteiger partial charge is 0.180 e. The van der Waals surface area contributed by atoms with Crippen LogP contribution in [0.4, 0.5) is 0 Å². The maximum absolute atomic E-state index is 6.32. The lowest BCUT2D eigenvalue weighted by molar-refractivity contribution is 0.125. The van der Waals surface area contributed by atoms with Crippen LogP contribution in [-0.2, 0) is 5.33 Å². The first-order chi connectivity index (χ1) is 9.13. The van der Waals surface area contributed by atoms with Gasteiger partial charge in [0.1, 0.15) is 0 Å². The molecule has 0 aliphatic heterocycles. The Morgan fingerprint density at radius 3 is 2.79 bits per heavy atom. The van der Waals surface area contributed by atoms with Gasteiger partial charge in [-0.05, 0) is 42.9 Å². The van der Waals surface area contributed by atoms with Crippen LogP contribution in [0.3, 0.4) is 0 Å². The number of hydrogen-bond acceptors (Lipinski definition) is 2. The SMILES string of the molecule is COc1cc(CBr)cc(Cl)c1OC1CCCC(C)C1. The summed E-state index contributed by atoms with van der Waals surface area (Å²) in [7, 11) is 1.65. The van der Waals surface area contributed by atoms with Crippen LogP contribution in [0.15, 0.2) is 12.1 Å². The van der Waals surface area contributed by atoms with Crippen LogP contribution in [-0.4, -0.2) is 13.2 Å². The molecular formula is C15H20BrClO2. The predicted molar refractivity (Wildman–Crippen MR) is 82.7 cm³/mol. The molecule has 19 heavy (non-hydrogen) atoms. The third kappa shape index (κ3) is 3.79. The van der Waals surface area contributed by atoms with E-state index in [0.717, 1.165) is 35.4 Å². The first-order valence-electron chi connectivity index (χ1n) is 6.73. The van der Waals surface area contributed by atoms with Crippen LogP contribution in [0.2, 0.25) is 5.02 Å². The molecule has 0 aromatic heterocycles.